The predicted molar refractivity (Wildman–Crippen MR) is 68.8 cm³/mol. The number of nitrogens with two attached hydrogens (primary N) is 1. The Morgan fingerprint density at radius 2 is 2.06 bits per heavy atom. The van der Waals surface area contributed by atoms with E-state index in [9.17, 15) is 0 Å². The summed E-state index contributed by atoms with van der Waals surface area (Å²) < 4.78 is 0. The number of rotatable bonds is 1. The van der Waals surface area contributed by atoms with Crippen molar-refractivity contribution in [3.63, 3.8) is 0 Å². The van der Waals surface area contributed by atoms with Crippen LogP contribution in [0.15, 0.2) is 36.8 Å². The second kappa shape index (κ2) is 4.39. The van der Waals surface area contributed by atoms with E-state index >= 15 is 0 Å². The molecule has 0 aliphatic carbocycles. The van der Waals surface area contributed by atoms with E-state index in [-0.39, 0.29) is 12.4 Å². The molecule has 0 saturated heterocycles. The molecule has 0 spiro atoms. The number of nitrogens with zero attached hydrogens (tertiary/aromatic N) is 3. The Bertz CT molecular complexity index is 635. The summed E-state index contributed by atoms with van der Waals surface area (Å²) in [5.74, 6) is 0.535. The summed E-state index contributed by atoms with van der Waals surface area (Å²) in [6.07, 6.45) is 5.29. The van der Waals surface area contributed by atoms with Crippen LogP contribution in [0.2, 0.25) is 0 Å². The molecule has 0 unspecified atom stereocenters. The summed E-state index contributed by atoms with van der Waals surface area (Å²) in [5, 5.41) is 7.52. The Kier molecular flexibility index (Phi) is 2.93. The molecule has 0 saturated carbocycles. The van der Waals surface area contributed by atoms with Crippen LogP contribution < -0.4 is 5.73 Å². The molecule has 0 radical (unpaired) electrons. The van der Waals surface area contributed by atoms with Crippen molar-refractivity contribution in [2.75, 3.05) is 5.73 Å². The molecular weight excluding hydrogens is 238 g/mol. The van der Waals surface area contributed by atoms with E-state index in [2.05, 4.69) is 20.2 Å². The molecule has 3 aromatic rings. The average Bonchev–Trinajstić information content (AvgIpc) is 2.72. The molecule has 3 heterocycles. The van der Waals surface area contributed by atoms with Gasteiger partial charge < -0.3 is 5.73 Å². The summed E-state index contributed by atoms with van der Waals surface area (Å²) in [7, 11) is 0. The number of hydrogen-bond acceptors (Lipinski definition) is 4. The van der Waals surface area contributed by atoms with E-state index in [1.807, 2.05) is 18.2 Å². The van der Waals surface area contributed by atoms with Crippen LogP contribution in [-0.2, 0) is 0 Å². The molecular formula is C11H10ClN5. The van der Waals surface area contributed by atoms with E-state index in [0.717, 1.165) is 16.5 Å². The van der Waals surface area contributed by atoms with E-state index < -0.39 is 0 Å². The Labute approximate surface area is 103 Å². The van der Waals surface area contributed by atoms with Crippen molar-refractivity contribution in [3.8, 4) is 11.1 Å². The van der Waals surface area contributed by atoms with E-state index in [1.165, 1.54) is 0 Å². The minimum absolute atomic E-state index is 0. The van der Waals surface area contributed by atoms with Crippen molar-refractivity contribution in [1.29, 1.82) is 0 Å². The van der Waals surface area contributed by atoms with Gasteiger partial charge in [-0.15, -0.1) is 12.4 Å². The number of aromatic nitrogens is 4. The first-order chi connectivity index (χ1) is 7.84. The van der Waals surface area contributed by atoms with Gasteiger partial charge in [0.15, 0.2) is 5.65 Å². The molecule has 0 amide bonds. The molecule has 0 bridgehead atoms. The van der Waals surface area contributed by atoms with Gasteiger partial charge in [0.2, 0.25) is 0 Å². The zero-order valence-electron chi connectivity index (χ0n) is 8.79. The third kappa shape index (κ3) is 1.92. The molecule has 0 aliphatic rings. The SMILES string of the molecule is Cl.Nc1[nH]nc2ncc(-c3cccnc3)cc12. The van der Waals surface area contributed by atoms with Gasteiger partial charge in [0, 0.05) is 29.7 Å². The minimum atomic E-state index is 0. The van der Waals surface area contributed by atoms with E-state index in [0.29, 0.717) is 11.5 Å². The minimum Gasteiger partial charge on any atom is -0.384 e. The van der Waals surface area contributed by atoms with Crippen LogP contribution >= 0.6 is 12.4 Å². The first kappa shape index (κ1) is 11.3. The molecule has 5 nitrogen and oxygen atoms in total. The fourth-order valence-corrected chi connectivity index (χ4v) is 1.61. The summed E-state index contributed by atoms with van der Waals surface area (Å²) in [4.78, 5) is 8.30. The molecule has 86 valence electrons. The smallest absolute Gasteiger partial charge is 0.183 e. The summed E-state index contributed by atoms with van der Waals surface area (Å²) >= 11 is 0. The lowest BCUT2D eigenvalue weighted by atomic mass is 10.1. The van der Waals surface area contributed by atoms with Crippen LogP contribution in [0, 0.1) is 0 Å². The predicted octanol–water partition coefficient (Wildman–Crippen LogP) is 2.02. The van der Waals surface area contributed by atoms with E-state index in [4.69, 9.17) is 5.73 Å². The van der Waals surface area contributed by atoms with Crippen molar-refractivity contribution in [3.05, 3.63) is 36.8 Å². The highest BCUT2D eigenvalue weighted by Crippen LogP contribution is 2.23. The van der Waals surface area contributed by atoms with Crippen LogP contribution in [0.5, 0.6) is 0 Å². The quantitative estimate of drug-likeness (QED) is 0.689. The monoisotopic (exact) mass is 247 g/mol. The lowest BCUT2D eigenvalue weighted by Gasteiger charge is -1.99. The zero-order valence-corrected chi connectivity index (χ0v) is 9.61. The topological polar surface area (TPSA) is 80.5 Å². The number of nitrogen functional groups attached to an aromatic ring is 1. The van der Waals surface area contributed by atoms with Crippen LogP contribution in [0.4, 0.5) is 5.82 Å². The first-order valence-electron chi connectivity index (χ1n) is 4.84. The van der Waals surface area contributed by atoms with Crippen LogP contribution in [-0.4, -0.2) is 20.2 Å². The number of fused-ring (bicyclic) bond motifs is 1. The number of nitrogens with one attached hydrogen (secondary N) is 1. The van der Waals surface area contributed by atoms with Gasteiger partial charge >= 0.3 is 0 Å². The van der Waals surface area contributed by atoms with Gasteiger partial charge in [0.25, 0.3) is 0 Å². The van der Waals surface area contributed by atoms with Gasteiger partial charge in [-0.3, -0.25) is 10.1 Å². The average molecular weight is 248 g/mol. The zero-order chi connectivity index (χ0) is 11.0. The number of pyridine rings is 2. The van der Waals surface area contributed by atoms with Crippen LogP contribution in [0.1, 0.15) is 0 Å². The number of halogens is 1. The number of H-pyrrole nitrogens is 1. The van der Waals surface area contributed by atoms with Crippen LogP contribution in [0.25, 0.3) is 22.2 Å². The number of aromatic amines is 1. The lowest BCUT2D eigenvalue weighted by molar-refractivity contribution is 1.10. The van der Waals surface area contributed by atoms with Crippen molar-refractivity contribution >= 4 is 29.3 Å². The summed E-state index contributed by atoms with van der Waals surface area (Å²) in [6.45, 7) is 0. The van der Waals surface area contributed by atoms with Gasteiger partial charge in [0.1, 0.15) is 5.82 Å². The summed E-state index contributed by atoms with van der Waals surface area (Å²) in [5.41, 5.74) is 8.37. The standard InChI is InChI=1S/C11H9N5.ClH/c12-10-9-4-8(6-14-11(9)16-15-10)7-2-1-3-13-5-7;/h1-6H,(H3,12,14,15,16);1H. The van der Waals surface area contributed by atoms with Crippen molar-refractivity contribution in [2.45, 2.75) is 0 Å². The Hall–Kier alpha value is -2.14. The maximum absolute atomic E-state index is 5.75. The molecule has 3 aromatic heterocycles. The Balaban J connectivity index is 0.00000108. The number of hydrogen-bond donors (Lipinski definition) is 2. The fourth-order valence-electron chi connectivity index (χ4n) is 1.61. The normalized spacial score (nSPS) is 10.1. The molecule has 0 aromatic carbocycles. The van der Waals surface area contributed by atoms with Gasteiger partial charge in [0.05, 0.1) is 5.39 Å². The van der Waals surface area contributed by atoms with Crippen LogP contribution in [0.3, 0.4) is 0 Å². The third-order valence-electron chi connectivity index (χ3n) is 2.43. The summed E-state index contributed by atoms with van der Waals surface area (Å²) in [6, 6.07) is 5.82. The second-order valence-corrected chi connectivity index (χ2v) is 3.47. The molecule has 0 atom stereocenters. The second-order valence-electron chi connectivity index (χ2n) is 3.47. The highest BCUT2D eigenvalue weighted by Gasteiger charge is 2.05. The molecule has 3 rings (SSSR count). The van der Waals surface area contributed by atoms with Gasteiger partial charge in [-0.1, -0.05) is 6.07 Å². The molecule has 0 fully saturated rings. The molecule has 17 heavy (non-hydrogen) atoms. The fraction of sp³-hybridized carbons (Fsp3) is 0. The molecule has 3 N–H and O–H groups in total. The maximum atomic E-state index is 5.75. The maximum Gasteiger partial charge on any atom is 0.183 e. The highest BCUT2D eigenvalue weighted by molar-refractivity contribution is 5.89. The van der Waals surface area contributed by atoms with Crippen molar-refractivity contribution < 1.29 is 0 Å². The van der Waals surface area contributed by atoms with E-state index in [1.54, 1.807) is 18.6 Å². The van der Waals surface area contributed by atoms with Crippen molar-refractivity contribution in [2.24, 2.45) is 0 Å². The Morgan fingerprint density at radius 1 is 1.18 bits per heavy atom. The van der Waals surface area contributed by atoms with Crippen molar-refractivity contribution in [1.82, 2.24) is 20.2 Å². The molecule has 6 heteroatoms. The third-order valence-corrected chi connectivity index (χ3v) is 2.43. The molecule has 0 aliphatic heterocycles. The van der Waals surface area contributed by atoms with Gasteiger partial charge in [-0.25, -0.2) is 4.98 Å². The van der Waals surface area contributed by atoms with Gasteiger partial charge in [-0.05, 0) is 12.1 Å². The first-order valence-corrected chi connectivity index (χ1v) is 4.84. The largest absolute Gasteiger partial charge is 0.384 e. The Morgan fingerprint density at radius 3 is 2.82 bits per heavy atom. The lowest BCUT2D eigenvalue weighted by Crippen LogP contribution is -1.85. The van der Waals surface area contributed by atoms with Gasteiger partial charge in [-0.2, -0.15) is 5.10 Å². The number of anilines is 1. The highest BCUT2D eigenvalue weighted by atomic mass is 35.5.